The Morgan fingerprint density at radius 3 is 2.67 bits per heavy atom. The third kappa shape index (κ3) is 3.98. The van der Waals surface area contributed by atoms with Gasteiger partial charge in [0.2, 0.25) is 11.8 Å². The van der Waals surface area contributed by atoms with E-state index in [0.29, 0.717) is 47.5 Å². The molecule has 0 spiro atoms. The van der Waals surface area contributed by atoms with Gasteiger partial charge in [0.05, 0.1) is 25.7 Å². The van der Waals surface area contributed by atoms with Gasteiger partial charge in [-0.05, 0) is 49.2 Å². The van der Waals surface area contributed by atoms with Gasteiger partial charge in [-0.2, -0.15) is 0 Å². The maximum atomic E-state index is 13.1. The third-order valence-corrected chi connectivity index (χ3v) is 5.23. The van der Waals surface area contributed by atoms with Crippen LogP contribution in [0.15, 0.2) is 46.9 Å². The molecular weight excluding hydrogens is 389 g/mol. The fourth-order valence-electron chi connectivity index (χ4n) is 3.62. The zero-order valence-corrected chi connectivity index (χ0v) is 16.8. The number of aromatic nitrogens is 2. The molecule has 0 radical (unpaired) electrons. The lowest BCUT2D eigenvalue weighted by Crippen LogP contribution is -2.39. The Labute approximate surface area is 173 Å². The minimum absolute atomic E-state index is 0.0614. The Bertz CT molecular complexity index is 1040. The van der Waals surface area contributed by atoms with Gasteiger partial charge in [-0.25, -0.2) is 4.39 Å². The molecule has 1 amide bonds. The summed E-state index contributed by atoms with van der Waals surface area (Å²) in [6.45, 7) is 1.11. The molecule has 8 heteroatoms. The molecule has 156 valence electrons. The summed E-state index contributed by atoms with van der Waals surface area (Å²) in [4.78, 5) is 14.9. The summed E-state index contributed by atoms with van der Waals surface area (Å²) in [6.07, 6.45) is 1.66. The molecule has 0 saturated carbocycles. The summed E-state index contributed by atoms with van der Waals surface area (Å²) in [5, 5.41) is 8.26. The average molecular weight is 411 g/mol. The van der Waals surface area contributed by atoms with Gasteiger partial charge in [0, 0.05) is 24.7 Å². The van der Waals surface area contributed by atoms with Crippen LogP contribution in [0.4, 0.5) is 4.39 Å². The van der Waals surface area contributed by atoms with E-state index >= 15 is 0 Å². The standard InChI is InChI=1S/C22H22FN3O4/c1-28-17-9-10-18(19(12-17)29-2)22(27)26-11-3-4-15(13-26)21-25-24-20(30-21)14-5-7-16(23)8-6-14/h5-10,12,15H,3-4,11,13H2,1-2H3. The average Bonchev–Trinajstić information content (AvgIpc) is 3.29. The molecule has 0 N–H and O–H groups in total. The quantitative estimate of drug-likeness (QED) is 0.633. The van der Waals surface area contributed by atoms with Gasteiger partial charge < -0.3 is 18.8 Å². The molecule has 1 aliphatic rings. The molecule has 1 aliphatic heterocycles. The molecule has 2 aromatic carbocycles. The zero-order chi connectivity index (χ0) is 21.1. The van der Waals surface area contributed by atoms with Crippen LogP contribution in [0.5, 0.6) is 11.5 Å². The topological polar surface area (TPSA) is 77.7 Å². The lowest BCUT2D eigenvalue weighted by molar-refractivity contribution is 0.0695. The molecule has 1 atom stereocenters. The molecule has 1 unspecified atom stereocenters. The van der Waals surface area contributed by atoms with E-state index in [2.05, 4.69) is 10.2 Å². The fourth-order valence-corrected chi connectivity index (χ4v) is 3.62. The lowest BCUT2D eigenvalue weighted by Gasteiger charge is -2.31. The largest absolute Gasteiger partial charge is 0.497 e. The molecular formula is C22H22FN3O4. The summed E-state index contributed by atoms with van der Waals surface area (Å²) in [6, 6.07) is 11.0. The number of methoxy groups -OCH3 is 2. The van der Waals surface area contributed by atoms with Crippen molar-refractivity contribution in [2.45, 2.75) is 18.8 Å². The van der Waals surface area contributed by atoms with Crippen LogP contribution in [-0.4, -0.2) is 48.3 Å². The van der Waals surface area contributed by atoms with E-state index in [4.69, 9.17) is 13.9 Å². The van der Waals surface area contributed by atoms with Crippen LogP contribution >= 0.6 is 0 Å². The van der Waals surface area contributed by atoms with Crippen molar-refractivity contribution in [3.63, 3.8) is 0 Å². The normalized spacial score (nSPS) is 16.4. The number of likely N-dealkylation sites (tertiary alicyclic amines) is 1. The number of ether oxygens (including phenoxy) is 2. The van der Waals surface area contributed by atoms with Gasteiger partial charge in [-0.1, -0.05) is 0 Å². The van der Waals surface area contributed by atoms with E-state index in [1.165, 1.54) is 19.2 Å². The number of piperidine rings is 1. The monoisotopic (exact) mass is 411 g/mol. The predicted molar refractivity (Wildman–Crippen MR) is 107 cm³/mol. The van der Waals surface area contributed by atoms with Crippen molar-refractivity contribution in [3.8, 4) is 23.0 Å². The molecule has 1 saturated heterocycles. The fraction of sp³-hybridized carbons (Fsp3) is 0.318. The van der Waals surface area contributed by atoms with Crippen LogP contribution in [0.25, 0.3) is 11.5 Å². The molecule has 2 heterocycles. The second-order valence-corrected chi connectivity index (χ2v) is 7.11. The second-order valence-electron chi connectivity index (χ2n) is 7.11. The van der Waals surface area contributed by atoms with Crippen LogP contribution in [0.2, 0.25) is 0 Å². The SMILES string of the molecule is COc1ccc(C(=O)N2CCCC(c3nnc(-c4ccc(F)cc4)o3)C2)c(OC)c1. The Morgan fingerprint density at radius 2 is 1.93 bits per heavy atom. The highest BCUT2D eigenvalue weighted by molar-refractivity contribution is 5.97. The van der Waals surface area contributed by atoms with Crippen LogP contribution in [0.3, 0.4) is 0 Å². The van der Waals surface area contributed by atoms with E-state index < -0.39 is 0 Å². The summed E-state index contributed by atoms with van der Waals surface area (Å²) in [5.41, 5.74) is 1.14. The van der Waals surface area contributed by atoms with Crippen LogP contribution < -0.4 is 9.47 Å². The number of hydrogen-bond donors (Lipinski definition) is 0. The highest BCUT2D eigenvalue weighted by atomic mass is 19.1. The van der Waals surface area contributed by atoms with Gasteiger partial charge in [-0.3, -0.25) is 4.79 Å². The van der Waals surface area contributed by atoms with E-state index in [9.17, 15) is 9.18 Å². The van der Waals surface area contributed by atoms with Crippen molar-refractivity contribution < 1.29 is 23.1 Å². The number of nitrogens with zero attached hydrogens (tertiary/aromatic N) is 3. The highest BCUT2D eigenvalue weighted by Crippen LogP contribution is 2.31. The Morgan fingerprint density at radius 1 is 1.13 bits per heavy atom. The smallest absolute Gasteiger partial charge is 0.257 e. The molecule has 30 heavy (non-hydrogen) atoms. The number of hydrogen-bond acceptors (Lipinski definition) is 6. The first-order valence-electron chi connectivity index (χ1n) is 9.69. The first-order chi connectivity index (χ1) is 14.6. The van der Waals surface area contributed by atoms with Gasteiger partial charge in [-0.15, -0.1) is 10.2 Å². The number of benzene rings is 2. The third-order valence-electron chi connectivity index (χ3n) is 5.23. The van der Waals surface area contributed by atoms with Crippen molar-refractivity contribution in [1.29, 1.82) is 0 Å². The van der Waals surface area contributed by atoms with Crippen LogP contribution in [0, 0.1) is 5.82 Å². The first-order valence-corrected chi connectivity index (χ1v) is 9.69. The molecule has 0 aliphatic carbocycles. The number of carbonyl (C=O) groups excluding carboxylic acids is 1. The second kappa shape index (κ2) is 8.52. The van der Waals surface area contributed by atoms with Crippen molar-refractivity contribution >= 4 is 5.91 Å². The maximum Gasteiger partial charge on any atom is 0.257 e. The van der Waals surface area contributed by atoms with Gasteiger partial charge in [0.15, 0.2) is 0 Å². The Balaban J connectivity index is 1.51. The van der Waals surface area contributed by atoms with E-state index in [1.807, 2.05) is 0 Å². The minimum Gasteiger partial charge on any atom is -0.497 e. The molecule has 0 bridgehead atoms. The van der Waals surface area contributed by atoms with E-state index in [1.54, 1.807) is 42.3 Å². The highest BCUT2D eigenvalue weighted by Gasteiger charge is 2.30. The minimum atomic E-state index is -0.325. The molecule has 3 aromatic rings. The van der Waals surface area contributed by atoms with E-state index in [-0.39, 0.29) is 17.6 Å². The summed E-state index contributed by atoms with van der Waals surface area (Å²) in [5.74, 6) is 1.41. The number of amides is 1. The first kappa shape index (κ1) is 19.9. The van der Waals surface area contributed by atoms with E-state index in [0.717, 1.165) is 12.8 Å². The lowest BCUT2D eigenvalue weighted by atomic mass is 9.97. The summed E-state index contributed by atoms with van der Waals surface area (Å²) < 4.78 is 29.5. The number of carbonyl (C=O) groups is 1. The molecule has 7 nitrogen and oxygen atoms in total. The van der Waals surface area contributed by atoms with Crippen molar-refractivity contribution in [2.75, 3.05) is 27.3 Å². The Hall–Kier alpha value is -3.42. The Kier molecular flexibility index (Phi) is 5.65. The predicted octanol–water partition coefficient (Wildman–Crippen LogP) is 3.91. The van der Waals surface area contributed by atoms with Crippen molar-refractivity contribution in [2.24, 2.45) is 0 Å². The van der Waals surface area contributed by atoms with Crippen LogP contribution in [0.1, 0.15) is 35.0 Å². The molecule has 1 aromatic heterocycles. The van der Waals surface area contributed by atoms with Gasteiger partial charge >= 0.3 is 0 Å². The van der Waals surface area contributed by atoms with Crippen LogP contribution in [-0.2, 0) is 0 Å². The summed E-state index contributed by atoms with van der Waals surface area (Å²) >= 11 is 0. The summed E-state index contributed by atoms with van der Waals surface area (Å²) in [7, 11) is 3.09. The van der Waals surface area contributed by atoms with Gasteiger partial charge in [0.1, 0.15) is 17.3 Å². The zero-order valence-electron chi connectivity index (χ0n) is 16.8. The molecule has 4 rings (SSSR count). The maximum absolute atomic E-state index is 13.1. The number of rotatable bonds is 5. The van der Waals surface area contributed by atoms with Crippen molar-refractivity contribution in [3.05, 3.63) is 59.7 Å². The van der Waals surface area contributed by atoms with Gasteiger partial charge in [0.25, 0.3) is 5.91 Å². The number of halogens is 1. The van der Waals surface area contributed by atoms with Crippen molar-refractivity contribution in [1.82, 2.24) is 15.1 Å². The molecule has 1 fully saturated rings.